The van der Waals surface area contributed by atoms with Crippen LogP contribution in [0.15, 0.2) is 6.07 Å². The minimum absolute atomic E-state index is 0.0991. The highest BCUT2D eigenvalue weighted by Gasteiger charge is 2.32. The number of nitrogens with zero attached hydrogens (tertiary/aromatic N) is 3. The van der Waals surface area contributed by atoms with Crippen molar-refractivity contribution in [1.82, 2.24) is 25.3 Å². The predicted molar refractivity (Wildman–Crippen MR) is 93.0 cm³/mol. The summed E-state index contributed by atoms with van der Waals surface area (Å²) < 4.78 is 0. The van der Waals surface area contributed by atoms with Gasteiger partial charge in [0.2, 0.25) is 11.8 Å². The molecule has 0 saturated carbocycles. The summed E-state index contributed by atoms with van der Waals surface area (Å²) >= 11 is 0. The molecular formula is C17H27N5O3. The molecule has 2 heterocycles. The summed E-state index contributed by atoms with van der Waals surface area (Å²) in [5.41, 5.74) is 1.07. The lowest BCUT2D eigenvalue weighted by atomic mass is 9.92. The molecule has 2 rings (SSSR count). The van der Waals surface area contributed by atoms with Gasteiger partial charge in [-0.25, -0.2) is 0 Å². The molecule has 25 heavy (non-hydrogen) atoms. The summed E-state index contributed by atoms with van der Waals surface area (Å²) in [5.74, 6) is -0.964. The van der Waals surface area contributed by atoms with Crippen molar-refractivity contribution in [3.8, 4) is 0 Å². The van der Waals surface area contributed by atoms with Crippen LogP contribution in [0.1, 0.15) is 43.9 Å². The second-order valence-electron chi connectivity index (χ2n) is 7.44. The van der Waals surface area contributed by atoms with Gasteiger partial charge < -0.3 is 15.1 Å². The van der Waals surface area contributed by atoms with E-state index in [0.29, 0.717) is 25.3 Å². The highest BCUT2D eigenvalue weighted by Crippen LogP contribution is 2.21. The minimum atomic E-state index is -0.457. The molecule has 2 N–H and O–H groups in total. The largest absolute Gasteiger partial charge is 0.359 e. The fraction of sp³-hybridized carbons (Fsp3) is 0.647. The smallest absolute Gasteiger partial charge is 0.274 e. The topological polar surface area (TPSA) is 98.4 Å². The lowest BCUT2D eigenvalue weighted by Gasteiger charge is -2.22. The van der Waals surface area contributed by atoms with Gasteiger partial charge >= 0.3 is 0 Å². The monoisotopic (exact) mass is 349 g/mol. The van der Waals surface area contributed by atoms with Crippen LogP contribution in [0.4, 0.5) is 0 Å². The maximum atomic E-state index is 12.8. The lowest BCUT2D eigenvalue weighted by Crippen LogP contribution is -2.42. The summed E-state index contributed by atoms with van der Waals surface area (Å²) in [6.45, 7) is 8.94. The van der Waals surface area contributed by atoms with Crippen molar-refractivity contribution in [1.29, 1.82) is 0 Å². The molecule has 1 aromatic rings. The van der Waals surface area contributed by atoms with E-state index in [1.165, 1.54) is 6.92 Å². The highest BCUT2D eigenvalue weighted by atomic mass is 16.2. The standard InChI is InChI=1S/C17H27N5O3/c1-11(23)21-6-7-22(10-12(9-21)15(24)18-5)16(25)13-8-14(20-19-13)17(2,3)4/h8,12H,6-7,9-10H2,1-5H3,(H,18,24)(H,19,20)/t12-/m0/s1. The van der Waals surface area contributed by atoms with Crippen LogP contribution in [0.5, 0.6) is 0 Å². The van der Waals surface area contributed by atoms with Crippen molar-refractivity contribution >= 4 is 17.7 Å². The first-order valence-electron chi connectivity index (χ1n) is 8.45. The number of aromatic amines is 1. The van der Waals surface area contributed by atoms with Crippen LogP contribution in [0.25, 0.3) is 0 Å². The molecule has 0 aliphatic carbocycles. The molecule has 1 aliphatic rings. The molecule has 3 amide bonds. The number of hydrogen-bond acceptors (Lipinski definition) is 4. The molecule has 138 valence electrons. The fourth-order valence-corrected chi connectivity index (χ4v) is 2.83. The van der Waals surface area contributed by atoms with E-state index in [0.717, 1.165) is 5.69 Å². The second kappa shape index (κ2) is 7.25. The van der Waals surface area contributed by atoms with Crippen molar-refractivity contribution in [2.24, 2.45) is 5.92 Å². The summed E-state index contributed by atoms with van der Waals surface area (Å²) in [6.07, 6.45) is 0. The minimum Gasteiger partial charge on any atom is -0.359 e. The third-order valence-electron chi connectivity index (χ3n) is 4.48. The quantitative estimate of drug-likeness (QED) is 0.806. The molecule has 1 atom stereocenters. The Bertz CT molecular complexity index is 661. The molecular weight excluding hydrogens is 322 g/mol. The predicted octanol–water partition coefficient (Wildman–Crippen LogP) is 0.374. The first-order valence-corrected chi connectivity index (χ1v) is 8.45. The van der Waals surface area contributed by atoms with Crippen LogP contribution in [0.3, 0.4) is 0 Å². The van der Waals surface area contributed by atoms with Crippen LogP contribution in [-0.2, 0) is 15.0 Å². The molecule has 8 heteroatoms. The number of aromatic nitrogens is 2. The van der Waals surface area contributed by atoms with Crippen LogP contribution >= 0.6 is 0 Å². The maximum Gasteiger partial charge on any atom is 0.274 e. The second-order valence-corrected chi connectivity index (χ2v) is 7.44. The van der Waals surface area contributed by atoms with Crippen LogP contribution < -0.4 is 5.32 Å². The summed E-state index contributed by atoms with van der Waals surface area (Å²) in [7, 11) is 1.56. The van der Waals surface area contributed by atoms with Crippen molar-refractivity contribution in [2.75, 3.05) is 33.2 Å². The van der Waals surface area contributed by atoms with E-state index >= 15 is 0 Å². The zero-order valence-corrected chi connectivity index (χ0v) is 15.5. The molecule has 0 unspecified atom stereocenters. The highest BCUT2D eigenvalue weighted by molar-refractivity contribution is 5.93. The van der Waals surface area contributed by atoms with Crippen molar-refractivity contribution in [3.05, 3.63) is 17.5 Å². The van der Waals surface area contributed by atoms with Gasteiger partial charge in [-0.15, -0.1) is 0 Å². The van der Waals surface area contributed by atoms with Gasteiger partial charge in [0.25, 0.3) is 5.91 Å². The van der Waals surface area contributed by atoms with E-state index < -0.39 is 5.92 Å². The van der Waals surface area contributed by atoms with E-state index in [4.69, 9.17) is 0 Å². The van der Waals surface area contributed by atoms with E-state index in [-0.39, 0.29) is 29.7 Å². The normalized spacial score (nSPS) is 18.7. The Hall–Kier alpha value is -2.38. The first-order chi connectivity index (χ1) is 11.6. The zero-order valence-electron chi connectivity index (χ0n) is 15.5. The number of carbonyl (C=O) groups is 3. The number of rotatable bonds is 2. The number of hydrogen-bond donors (Lipinski definition) is 2. The van der Waals surface area contributed by atoms with Gasteiger partial charge in [0, 0.05) is 51.3 Å². The Morgan fingerprint density at radius 2 is 1.80 bits per heavy atom. The molecule has 1 fully saturated rings. The number of carbonyl (C=O) groups excluding carboxylic acids is 3. The van der Waals surface area contributed by atoms with Crippen LogP contribution in [-0.4, -0.2) is 70.9 Å². The van der Waals surface area contributed by atoms with Crippen molar-refractivity contribution in [2.45, 2.75) is 33.1 Å². The molecule has 8 nitrogen and oxygen atoms in total. The van der Waals surface area contributed by atoms with Crippen LogP contribution in [0.2, 0.25) is 0 Å². The molecule has 1 aliphatic heterocycles. The summed E-state index contributed by atoms with van der Waals surface area (Å²) in [4.78, 5) is 39.9. The van der Waals surface area contributed by atoms with Gasteiger partial charge in [-0.1, -0.05) is 20.8 Å². The average molecular weight is 349 g/mol. The number of amides is 3. The fourth-order valence-electron chi connectivity index (χ4n) is 2.83. The number of H-pyrrole nitrogens is 1. The van der Waals surface area contributed by atoms with Gasteiger partial charge in [-0.3, -0.25) is 19.5 Å². The Morgan fingerprint density at radius 1 is 1.20 bits per heavy atom. The third kappa shape index (κ3) is 4.37. The molecule has 1 saturated heterocycles. The van der Waals surface area contributed by atoms with E-state index in [1.807, 2.05) is 20.8 Å². The van der Waals surface area contributed by atoms with E-state index in [2.05, 4.69) is 15.5 Å². The van der Waals surface area contributed by atoms with E-state index in [9.17, 15) is 14.4 Å². The van der Waals surface area contributed by atoms with Gasteiger partial charge in [0.15, 0.2) is 0 Å². The Morgan fingerprint density at radius 3 is 2.32 bits per heavy atom. The molecule has 0 spiro atoms. The lowest BCUT2D eigenvalue weighted by molar-refractivity contribution is -0.130. The van der Waals surface area contributed by atoms with Gasteiger partial charge in [-0.05, 0) is 6.07 Å². The summed E-state index contributed by atoms with van der Waals surface area (Å²) in [5, 5.41) is 9.66. The van der Waals surface area contributed by atoms with Gasteiger partial charge in [-0.2, -0.15) is 5.10 Å². The Kier molecular flexibility index (Phi) is 5.49. The average Bonchev–Trinajstić information content (AvgIpc) is 2.93. The zero-order chi connectivity index (χ0) is 18.8. The Balaban J connectivity index is 2.21. The van der Waals surface area contributed by atoms with Crippen molar-refractivity contribution < 1.29 is 14.4 Å². The van der Waals surface area contributed by atoms with Crippen LogP contribution in [0, 0.1) is 5.92 Å². The summed E-state index contributed by atoms with van der Waals surface area (Å²) in [6, 6.07) is 1.75. The van der Waals surface area contributed by atoms with E-state index in [1.54, 1.807) is 22.9 Å². The van der Waals surface area contributed by atoms with Gasteiger partial charge in [0.05, 0.1) is 5.92 Å². The SMILES string of the molecule is CNC(=O)[C@H]1CN(C(C)=O)CCN(C(=O)c2cc(C(C)(C)C)[nH]n2)C1. The first kappa shape index (κ1) is 19.0. The maximum absolute atomic E-state index is 12.8. The molecule has 0 radical (unpaired) electrons. The Labute approximate surface area is 147 Å². The third-order valence-corrected chi connectivity index (χ3v) is 4.48. The molecule has 1 aromatic heterocycles. The molecule has 0 bridgehead atoms. The van der Waals surface area contributed by atoms with Gasteiger partial charge in [0.1, 0.15) is 5.69 Å². The molecule has 0 aromatic carbocycles. The van der Waals surface area contributed by atoms with Crippen molar-refractivity contribution in [3.63, 3.8) is 0 Å². The number of nitrogens with one attached hydrogen (secondary N) is 2.